The van der Waals surface area contributed by atoms with Gasteiger partial charge in [0.05, 0.1) is 22.0 Å². The highest BCUT2D eigenvalue weighted by Crippen LogP contribution is 2.23. The zero-order chi connectivity index (χ0) is 18.9. The van der Waals surface area contributed by atoms with Crippen LogP contribution in [0.2, 0.25) is 0 Å². The maximum atomic E-state index is 12.8. The van der Waals surface area contributed by atoms with Crippen molar-refractivity contribution >= 4 is 48.2 Å². The average Bonchev–Trinajstić information content (AvgIpc) is 2.61. The monoisotopic (exact) mass is 504 g/mol. The Morgan fingerprint density at radius 3 is 2.08 bits per heavy atom. The largest absolute Gasteiger partial charge is 0.279 e. The summed E-state index contributed by atoms with van der Waals surface area (Å²) >= 11 is 2.12. The lowest BCUT2D eigenvalue weighted by Gasteiger charge is -2.25. The standard InChI is InChI=1S/C17H17IN2O4S2/c1-25(21,22)15-8-4-13(5-9-15)17-3-2-12-20(19-17)26(23,24)16-10-6-14(18)7-11-16/h4-11H,2-3,12H2,1H3. The first-order valence-corrected chi connectivity index (χ1v) is 12.3. The van der Waals surface area contributed by atoms with E-state index in [9.17, 15) is 16.8 Å². The molecule has 1 aliphatic heterocycles. The molecule has 0 bridgehead atoms. The fraction of sp³-hybridized carbons (Fsp3) is 0.235. The topological polar surface area (TPSA) is 83.9 Å². The lowest BCUT2D eigenvalue weighted by Crippen LogP contribution is -2.32. The van der Waals surface area contributed by atoms with Crippen LogP contribution in [0.15, 0.2) is 63.4 Å². The predicted octanol–water partition coefficient (Wildman–Crippen LogP) is 2.88. The van der Waals surface area contributed by atoms with Crippen LogP contribution in [0.3, 0.4) is 0 Å². The first-order chi connectivity index (χ1) is 12.2. The Morgan fingerprint density at radius 1 is 0.923 bits per heavy atom. The Balaban J connectivity index is 1.93. The zero-order valence-corrected chi connectivity index (χ0v) is 17.8. The van der Waals surface area contributed by atoms with Crippen LogP contribution in [0.4, 0.5) is 0 Å². The highest BCUT2D eigenvalue weighted by atomic mass is 127. The van der Waals surface area contributed by atoms with E-state index in [1.807, 2.05) is 0 Å². The fourth-order valence-corrected chi connectivity index (χ4v) is 4.90. The van der Waals surface area contributed by atoms with Crippen LogP contribution >= 0.6 is 22.6 Å². The molecule has 26 heavy (non-hydrogen) atoms. The summed E-state index contributed by atoms with van der Waals surface area (Å²) in [6, 6.07) is 13.0. The van der Waals surface area contributed by atoms with Crippen molar-refractivity contribution in [3.8, 4) is 0 Å². The SMILES string of the molecule is CS(=O)(=O)c1ccc(C2=NN(S(=O)(=O)c3ccc(I)cc3)CCC2)cc1. The van der Waals surface area contributed by atoms with E-state index in [0.29, 0.717) is 25.1 Å². The van der Waals surface area contributed by atoms with E-state index < -0.39 is 19.9 Å². The molecule has 0 unspecified atom stereocenters. The van der Waals surface area contributed by atoms with Crippen molar-refractivity contribution in [1.29, 1.82) is 0 Å². The third-order valence-electron chi connectivity index (χ3n) is 4.00. The maximum absolute atomic E-state index is 12.8. The van der Waals surface area contributed by atoms with Gasteiger partial charge in [-0.1, -0.05) is 12.1 Å². The molecule has 2 aromatic rings. The summed E-state index contributed by atoms with van der Waals surface area (Å²) in [5, 5.41) is 4.33. The molecule has 0 aliphatic carbocycles. The molecule has 0 radical (unpaired) electrons. The Morgan fingerprint density at radius 2 is 1.50 bits per heavy atom. The molecular weight excluding hydrogens is 487 g/mol. The van der Waals surface area contributed by atoms with Gasteiger partial charge in [-0.3, -0.25) is 0 Å². The number of sulfone groups is 1. The summed E-state index contributed by atoms with van der Waals surface area (Å²) in [5.41, 5.74) is 1.35. The number of nitrogens with zero attached hydrogens (tertiary/aromatic N) is 2. The Bertz CT molecular complexity index is 1040. The van der Waals surface area contributed by atoms with Crippen molar-refractivity contribution < 1.29 is 16.8 Å². The van der Waals surface area contributed by atoms with Gasteiger partial charge in [-0.15, -0.1) is 0 Å². The molecule has 0 aromatic heterocycles. The van der Waals surface area contributed by atoms with Crippen molar-refractivity contribution in [2.45, 2.75) is 22.6 Å². The van der Waals surface area contributed by atoms with E-state index in [4.69, 9.17) is 0 Å². The number of hydrogen-bond acceptors (Lipinski definition) is 5. The van der Waals surface area contributed by atoms with Crippen molar-refractivity contribution in [1.82, 2.24) is 4.41 Å². The molecule has 0 saturated heterocycles. The van der Waals surface area contributed by atoms with Crippen LogP contribution in [-0.2, 0) is 19.9 Å². The van der Waals surface area contributed by atoms with Gasteiger partial charge in [0, 0.05) is 9.83 Å². The molecule has 1 aliphatic rings. The predicted molar refractivity (Wildman–Crippen MR) is 108 cm³/mol. The third-order valence-corrected chi connectivity index (χ3v) is 7.53. The number of hydrazone groups is 1. The van der Waals surface area contributed by atoms with Gasteiger partial charge >= 0.3 is 0 Å². The van der Waals surface area contributed by atoms with Gasteiger partial charge < -0.3 is 0 Å². The van der Waals surface area contributed by atoms with Crippen molar-refractivity contribution in [2.75, 3.05) is 12.8 Å². The van der Waals surface area contributed by atoms with E-state index in [1.165, 1.54) is 12.1 Å². The third kappa shape index (κ3) is 4.09. The summed E-state index contributed by atoms with van der Waals surface area (Å²) in [7, 11) is -6.98. The minimum absolute atomic E-state index is 0.204. The average molecular weight is 504 g/mol. The smallest absolute Gasteiger partial charge is 0.224 e. The molecule has 2 aromatic carbocycles. The molecule has 0 spiro atoms. The van der Waals surface area contributed by atoms with E-state index in [0.717, 1.165) is 19.8 Å². The van der Waals surface area contributed by atoms with Crippen molar-refractivity contribution in [3.05, 3.63) is 57.7 Å². The van der Waals surface area contributed by atoms with Crippen LogP contribution in [-0.4, -0.2) is 39.8 Å². The van der Waals surface area contributed by atoms with E-state index >= 15 is 0 Å². The molecule has 0 amide bonds. The van der Waals surface area contributed by atoms with Gasteiger partial charge in [-0.25, -0.2) is 8.42 Å². The summed E-state index contributed by atoms with van der Waals surface area (Å²) in [6.45, 7) is 0.319. The van der Waals surface area contributed by atoms with Crippen LogP contribution in [0, 0.1) is 3.57 Å². The quantitative estimate of drug-likeness (QED) is 0.600. The Hall–Kier alpha value is -1.46. The minimum Gasteiger partial charge on any atom is -0.224 e. The molecule has 0 atom stereocenters. The molecule has 1 heterocycles. The number of sulfonamides is 1. The first kappa shape index (κ1) is 19.3. The lowest BCUT2D eigenvalue weighted by atomic mass is 10.1. The van der Waals surface area contributed by atoms with Gasteiger partial charge in [-0.05, 0) is 77.4 Å². The van der Waals surface area contributed by atoms with E-state index in [-0.39, 0.29) is 9.79 Å². The van der Waals surface area contributed by atoms with E-state index in [1.54, 1.807) is 36.4 Å². The van der Waals surface area contributed by atoms with Crippen LogP contribution < -0.4 is 0 Å². The van der Waals surface area contributed by atoms with Crippen LogP contribution in [0.25, 0.3) is 0 Å². The number of halogens is 1. The molecule has 0 fully saturated rings. The molecular formula is C17H17IN2O4S2. The first-order valence-electron chi connectivity index (χ1n) is 7.84. The zero-order valence-electron chi connectivity index (χ0n) is 14.0. The summed E-state index contributed by atoms with van der Waals surface area (Å²) in [4.78, 5) is 0.427. The normalized spacial score (nSPS) is 15.6. The maximum Gasteiger partial charge on any atom is 0.279 e. The van der Waals surface area contributed by atoms with Crippen LogP contribution in [0.1, 0.15) is 18.4 Å². The minimum atomic E-state index is -3.70. The number of hydrogen-bond donors (Lipinski definition) is 0. The van der Waals surface area contributed by atoms with Gasteiger partial charge in [0.25, 0.3) is 10.0 Å². The second-order valence-electron chi connectivity index (χ2n) is 5.95. The molecule has 0 N–H and O–H groups in total. The highest BCUT2D eigenvalue weighted by Gasteiger charge is 2.26. The summed E-state index contributed by atoms with van der Waals surface area (Å²) in [5.74, 6) is 0. The molecule has 9 heteroatoms. The van der Waals surface area contributed by atoms with Gasteiger partial charge in [0.15, 0.2) is 9.84 Å². The lowest BCUT2D eigenvalue weighted by molar-refractivity contribution is 0.410. The summed E-state index contributed by atoms with van der Waals surface area (Å²) < 4.78 is 50.8. The fourth-order valence-electron chi connectivity index (χ4n) is 2.62. The van der Waals surface area contributed by atoms with Crippen molar-refractivity contribution in [3.63, 3.8) is 0 Å². The molecule has 3 rings (SSSR count). The van der Waals surface area contributed by atoms with Crippen LogP contribution in [0.5, 0.6) is 0 Å². The number of benzene rings is 2. The Kier molecular flexibility index (Phi) is 5.40. The second-order valence-corrected chi connectivity index (χ2v) is 11.1. The van der Waals surface area contributed by atoms with Gasteiger partial charge in [0.1, 0.15) is 0 Å². The van der Waals surface area contributed by atoms with Gasteiger partial charge in [0.2, 0.25) is 0 Å². The summed E-state index contributed by atoms with van der Waals surface area (Å²) in [6.07, 6.45) is 2.43. The van der Waals surface area contributed by atoms with Gasteiger partial charge in [-0.2, -0.15) is 17.9 Å². The number of rotatable bonds is 4. The highest BCUT2D eigenvalue weighted by molar-refractivity contribution is 14.1. The molecule has 138 valence electrons. The van der Waals surface area contributed by atoms with E-state index in [2.05, 4.69) is 27.7 Å². The second kappa shape index (κ2) is 7.28. The Labute approximate surface area is 167 Å². The molecule has 0 saturated carbocycles. The molecule has 6 nitrogen and oxygen atoms in total. The van der Waals surface area contributed by atoms with Crippen molar-refractivity contribution in [2.24, 2.45) is 5.10 Å².